The molecule has 7 nitrogen and oxygen atoms in total. The van der Waals surface area contributed by atoms with Crippen LogP contribution < -0.4 is 15.5 Å². The smallest absolute Gasteiger partial charge is 0.269 e. The third-order valence-electron chi connectivity index (χ3n) is 4.89. The largest absolute Gasteiger partial charge is 0.371 e. The number of nitro groups is 1. The highest BCUT2D eigenvalue weighted by atomic mass is 16.6. The minimum absolute atomic E-state index is 0.0167. The van der Waals surface area contributed by atoms with Crippen molar-refractivity contribution in [2.75, 3.05) is 23.3 Å². The molecule has 2 aromatic rings. The number of non-ortho nitro benzene ring substituents is 1. The van der Waals surface area contributed by atoms with E-state index in [0.29, 0.717) is 13.0 Å². The number of hydrogen-bond acceptors (Lipinski definition) is 5. The number of hydrogen-bond donors (Lipinski definition) is 2. The van der Waals surface area contributed by atoms with Gasteiger partial charge in [-0.1, -0.05) is 18.2 Å². The lowest BCUT2D eigenvalue weighted by atomic mass is 10.1. The van der Waals surface area contributed by atoms with Crippen molar-refractivity contribution in [1.29, 1.82) is 0 Å². The molecular formula is C21H26N4O3. The maximum Gasteiger partial charge on any atom is 0.269 e. The van der Waals surface area contributed by atoms with E-state index in [1.54, 1.807) is 12.1 Å². The van der Waals surface area contributed by atoms with Gasteiger partial charge in [-0.15, -0.1) is 0 Å². The first kappa shape index (κ1) is 19.8. The second-order valence-electron chi connectivity index (χ2n) is 7.20. The van der Waals surface area contributed by atoms with Gasteiger partial charge < -0.3 is 15.5 Å². The molecule has 1 aliphatic rings. The molecule has 1 heterocycles. The Kier molecular flexibility index (Phi) is 6.60. The molecule has 2 aromatic carbocycles. The van der Waals surface area contributed by atoms with Crippen LogP contribution in [0, 0.1) is 10.1 Å². The summed E-state index contributed by atoms with van der Waals surface area (Å²) in [6.07, 6.45) is 2.78. The predicted molar refractivity (Wildman–Crippen MR) is 111 cm³/mol. The van der Waals surface area contributed by atoms with Crippen LogP contribution in [0.1, 0.15) is 31.7 Å². The summed E-state index contributed by atoms with van der Waals surface area (Å²) in [7, 11) is 0. The first-order chi connectivity index (χ1) is 13.5. The fourth-order valence-corrected chi connectivity index (χ4v) is 3.35. The van der Waals surface area contributed by atoms with Crippen molar-refractivity contribution in [2.45, 2.75) is 38.8 Å². The number of carbonyl (C=O) groups excluding carboxylic acids is 1. The van der Waals surface area contributed by atoms with Gasteiger partial charge >= 0.3 is 0 Å². The molecule has 0 aliphatic carbocycles. The topological polar surface area (TPSA) is 87.5 Å². The summed E-state index contributed by atoms with van der Waals surface area (Å²) < 4.78 is 0. The van der Waals surface area contributed by atoms with Gasteiger partial charge in [-0.3, -0.25) is 14.9 Å². The van der Waals surface area contributed by atoms with Crippen LogP contribution in [0.15, 0.2) is 48.5 Å². The molecule has 148 valence electrons. The Hall–Kier alpha value is -2.93. The second-order valence-corrected chi connectivity index (χ2v) is 7.20. The molecule has 7 heteroatoms. The van der Waals surface area contributed by atoms with Gasteiger partial charge in [0.1, 0.15) is 0 Å². The third-order valence-corrected chi connectivity index (χ3v) is 4.89. The molecule has 0 saturated carbocycles. The summed E-state index contributed by atoms with van der Waals surface area (Å²) in [5.74, 6) is -0.0396. The molecule has 1 saturated heterocycles. The van der Waals surface area contributed by atoms with Gasteiger partial charge in [0.05, 0.1) is 4.92 Å². The van der Waals surface area contributed by atoms with Crippen LogP contribution in [0.3, 0.4) is 0 Å². The van der Waals surface area contributed by atoms with Gasteiger partial charge in [-0.2, -0.15) is 0 Å². The summed E-state index contributed by atoms with van der Waals surface area (Å²) in [4.78, 5) is 25.0. The molecule has 3 rings (SSSR count). The van der Waals surface area contributed by atoms with Gasteiger partial charge in [-0.05, 0) is 43.5 Å². The lowest BCUT2D eigenvalue weighted by Crippen LogP contribution is -2.30. The third kappa shape index (κ3) is 5.53. The van der Waals surface area contributed by atoms with E-state index < -0.39 is 4.92 Å². The fourth-order valence-electron chi connectivity index (χ4n) is 3.35. The minimum Gasteiger partial charge on any atom is -0.371 e. The van der Waals surface area contributed by atoms with Crippen LogP contribution in [0.25, 0.3) is 0 Å². The first-order valence-corrected chi connectivity index (χ1v) is 9.63. The summed E-state index contributed by atoms with van der Waals surface area (Å²) in [6.45, 7) is 4.64. The zero-order chi connectivity index (χ0) is 19.9. The van der Waals surface area contributed by atoms with Crippen LogP contribution >= 0.6 is 0 Å². The van der Waals surface area contributed by atoms with Crippen LogP contribution in [0.5, 0.6) is 0 Å². The Balaban J connectivity index is 1.46. The summed E-state index contributed by atoms with van der Waals surface area (Å²) >= 11 is 0. The highest BCUT2D eigenvalue weighted by Gasteiger charge is 2.14. The highest BCUT2D eigenvalue weighted by Crippen LogP contribution is 2.23. The minimum atomic E-state index is -0.414. The monoisotopic (exact) mass is 382 g/mol. The van der Waals surface area contributed by atoms with Gasteiger partial charge in [-0.25, -0.2) is 0 Å². The van der Waals surface area contributed by atoms with Crippen LogP contribution in [-0.2, 0) is 11.3 Å². The lowest BCUT2D eigenvalue weighted by molar-refractivity contribution is -0.384. The highest BCUT2D eigenvalue weighted by molar-refractivity contribution is 5.91. The number of amides is 1. The van der Waals surface area contributed by atoms with E-state index in [-0.39, 0.29) is 17.6 Å². The molecule has 2 N–H and O–H groups in total. The SMILES string of the molecule is CC(CC(=O)Nc1cccc(N2CCCC2)c1)NCc1ccc([N+](=O)[O-])cc1. The number of carbonyl (C=O) groups is 1. The Bertz CT molecular complexity index is 817. The summed E-state index contributed by atoms with van der Waals surface area (Å²) in [5, 5.41) is 16.9. The summed E-state index contributed by atoms with van der Waals surface area (Å²) in [6, 6.07) is 14.4. The van der Waals surface area contributed by atoms with Crippen molar-refractivity contribution in [3.63, 3.8) is 0 Å². The Morgan fingerprint density at radius 2 is 1.89 bits per heavy atom. The van der Waals surface area contributed by atoms with Gasteiger partial charge in [0.25, 0.3) is 5.69 Å². The number of anilines is 2. The average Bonchev–Trinajstić information content (AvgIpc) is 3.21. The molecule has 1 amide bonds. The van der Waals surface area contributed by atoms with E-state index in [1.807, 2.05) is 25.1 Å². The molecule has 0 aromatic heterocycles. The molecule has 28 heavy (non-hydrogen) atoms. The molecule has 1 aliphatic heterocycles. The molecule has 1 atom stereocenters. The Morgan fingerprint density at radius 1 is 1.18 bits per heavy atom. The Labute approximate surface area is 164 Å². The van der Waals surface area contributed by atoms with Crippen molar-refractivity contribution in [2.24, 2.45) is 0 Å². The predicted octanol–water partition coefficient (Wildman–Crippen LogP) is 3.70. The van der Waals surface area contributed by atoms with Crippen molar-refractivity contribution in [3.8, 4) is 0 Å². The first-order valence-electron chi connectivity index (χ1n) is 9.63. The van der Waals surface area contributed by atoms with E-state index in [1.165, 1.54) is 25.0 Å². The number of nitro benzene ring substituents is 1. The van der Waals surface area contributed by atoms with Crippen molar-refractivity contribution in [3.05, 3.63) is 64.2 Å². The maximum atomic E-state index is 12.3. The maximum absolute atomic E-state index is 12.3. The fraction of sp³-hybridized carbons (Fsp3) is 0.381. The van der Waals surface area contributed by atoms with Crippen LogP contribution in [0.4, 0.5) is 17.1 Å². The second kappa shape index (κ2) is 9.32. The molecule has 0 radical (unpaired) electrons. The van der Waals surface area contributed by atoms with Crippen molar-refractivity contribution >= 4 is 23.0 Å². The molecule has 1 fully saturated rings. The normalized spacial score (nSPS) is 14.7. The molecular weight excluding hydrogens is 356 g/mol. The average molecular weight is 382 g/mol. The van der Waals surface area contributed by atoms with E-state index in [4.69, 9.17) is 0 Å². The van der Waals surface area contributed by atoms with Gasteiger partial charge in [0.2, 0.25) is 5.91 Å². The van der Waals surface area contributed by atoms with E-state index in [9.17, 15) is 14.9 Å². The quantitative estimate of drug-likeness (QED) is 0.537. The van der Waals surface area contributed by atoms with Crippen molar-refractivity contribution < 1.29 is 9.72 Å². The lowest BCUT2D eigenvalue weighted by Gasteiger charge is -2.19. The molecule has 1 unspecified atom stereocenters. The summed E-state index contributed by atoms with van der Waals surface area (Å²) in [5.41, 5.74) is 2.99. The molecule has 0 spiro atoms. The standard InChI is InChI=1S/C21H26N4O3/c1-16(22-15-17-7-9-19(10-8-17)25(27)28)13-21(26)23-18-5-4-6-20(14-18)24-11-2-3-12-24/h4-10,14,16,22H,2-3,11-13,15H2,1H3,(H,23,26). The Morgan fingerprint density at radius 3 is 2.57 bits per heavy atom. The van der Waals surface area contributed by atoms with Crippen LogP contribution in [0.2, 0.25) is 0 Å². The number of nitrogens with zero attached hydrogens (tertiary/aromatic N) is 2. The van der Waals surface area contributed by atoms with E-state index in [0.717, 1.165) is 30.0 Å². The van der Waals surface area contributed by atoms with Gasteiger partial charge in [0.15, 0.2) is 0 Å². The van der Waals surface area contributed by atoms with Crippen molar-refractivity contribution in [1.82, 2.24) is 5.32 Å². The van der Waals surface area contributed by atoms with E-state index >= 15 is 0 Å². The number of benzene rings is 2. The number of nitrogens with one attached hydrogen (secondary N) is 2. The zero-order valence-electron chi connectivity index (χ0n) is 16.1. The molecule has 0 bridgehead atoms. The van der Waals surface area contributed by atoms with Crippen LogP contribution in [-0.4, -0.2) is 30.0 Å². The van der Waals surface area contributed by atoms with E-state index in [2.05, 4.69) is 21.6 Å². The van der Waals surface area contributed by atoms with Gasteiger partial charge in [0, 0.05) is 55.6 Å². The number of rotatable bonds is 8. The zero-order valence-corrected chi connectivity index (χ0v) is 16.1.